The maximum Gasteiger partial charge on any atom is 0.417 e. The Morgan fingerprint density at radius 1 is 0.917 bits per heavy atom. The van der Waals surface area contributed by atoms with Crippen molar-refractivity contribution in [1.29, 1.82) is 0 Å². The average Bonchev–Trinajstić information content (AvgIpc) is 2.55. The van der Waals surface area contributed by atoms with E-state index in [1.54, 1.807) is 36.4 Å². The predicted octanol–water partition coefficient (Wildman–Crippen LogP) is 5.06. The summed E-state index contributed by atoms with van der Waals surface area (Å²) in [5.41, 5.74) is 1.36. The minimum Gasteiger partial charge on any atom is -0.410 e. The number of hydrogen-bond acceptors (Lipinski definition) is 4. The second-order valence-electron chi connectivity index (χ2n) is 4.74. The molecule has 0 bridgehead atoms. The summed E-state index contributed by atoms with van der Waals surface area (Å²) < 4.78 is 5.21. The highest BCUT2D eigenvalue weighted by atomic mass is 35.5. The van der Waals surface area contributed by atoms with Crippen molar-refractivity contribution in [3.8, 4) is 17.1 Å². The van der Waals surface area contributed by atoms with Crippen molar-refractivity contribution in [3.63, 3.8) is 0 Å². The normalized spacial score (nSPS) is 10.2. The molecule has 120 valence electrons. The highest BCUT2D eigenvalue weighted by Crippen LogP contribution is 2.23. The summed E-state index contributed by atoms with van der Waals surface area (Å²) in [7, 11) is 0. The first-order chi connectivity index (χ1) is 11.6. The van der Waals surface area contributed by atoms with Gasteiger partial charge in [-0.05, 0) is 36.4 Å². The molecule has 0 saturated heterocycles. The van der Waals surface area contributed by atoms with Gasteiger partial charge in [0.15, 0.2) is 5.82 Å². The number of carbonyl (C=O) groups is 1. The first-order valence-corrected chi connectivity index (χ1v) is 7.70. The van der Waals surface area contributed by atoms with Crippen molar-refractivity contribution < 1.29 is 9.53 Å². The fraction of sp³-hybridized carbons (Fsp3) is 0. The van der Waals surface area contributed by atoms with Crippen molar-refractivity contribution in [2.75, 3.05) is 5.32 Å². The molecule has 7 heteroatoms. The Labute approximate surface area is 148 Å². The van der Waals surface area contributed by atoms with Crippen molar-refractivity contribution in [2.24, 2.45) is 0 Å². The van der Waals surface area contributed by atoms with Gasteiger partial charge in [0.05, 0.1) is 0 Å². The van der Waals surface area contributed by atoms with Gasteiger partial charge in [-0.25, -0.2) is 14.8 Å². The van der Waals surface area contributed by atoms with Crippen LogP contribution in [0.2, 0.25) is 10.3 Å². The van der Waals surface area contributed by atoms with Gasteiger partial charge >= 0.3 is 6.09 Å². The maximum absolute atomic E-state index is 11.8. The lowest BCUT2D eigenvalue weighted by Crippen LogP contribution is -2.16. The van der Waals surface area contributed by atoms with Crippen molar-refractivity contribution in [1.82, 2.24) is 9.97 Å². The molecule has 0 atom stereocenters. The third-order valence-corrected chi connectivity index (χ3v) is 3.39. The fourth-order valence-corrected chi connectivity index (χ4v) is 2.39. The average molecular weight is 360 g/mol. The van der Waals surface area contributed by atoms with E-state index in [4.69, 9.17) is 27.9 Å². The summed E-state index contributed by atoms with van der Waals surface area (Å²) in [6.45, 7) is 0. The minimum atomic E-state index is -0.573. The van der Waals surface area contributed by atoms with Crippen LogP contribution in [0, 0.1) is 0 Å². The van der Waals surface area contributed by atoms with Crippen LogP contribution in [0.4, 0.5) is 10.5 Å². The Kier molecular flexibility index (Phi) is 4.93. The van der Waals surface area contributed by atoms with Crippen molar-refractivity contribution >= 4 is 35.0 Å². The van der Waals surface area contributed by atoms with E-state index >= 15 is 0 Å². The number of carbonyl (C=O) groups excluding carboxylic acids is 1. The van der Waals surface area contributed by atoms with Crippen LogP contribution in [-0.2, 0) is 0 Å². The number of halogens is 2. The molecule has 5 nitrogen and oxygen atoms in total. The quantitative estimate of drug-likeness (QED) is 0.663. The number of para-hydroxylation sites is 1. The van der Waals surface area contributed by atoms with Crippen molar-refractivity contribution in [3.05, 3.63) is 71.0 Å². The van der Waals surface area contributed by atoms with E-state index in [0.29, 0.717) is 22.8 Å². The molecule has 1 aromatic heterocycles. The van der Waals surface area contributed by atoms with Crippen LogP contribution in [0.5, 0.6) is 5.75 Å². The van der Waals surface area contributed by atoms with Crippen molar-refractivity contribution in [2.45, 2.75) is 0 Å². The molecule has 1 N–H and O–H groups in total. The number of ether oxygens (including phenoxy) is 1. The summed E-state index contributed by atoms with van der Waals surface area (Å²) in [6.07, 6.45) is -0.573. The van der Waals surface area contributed by atoms with Gasteiger partial charge in [0.1, 0.15) is 16.1 Å². The molecule has 0 aliphatic rings. The zero-order valence-electron chi connectivity index (χ0n) is 12.2. The Morgan fingerprint density at radius 2 is 1.54 bits per heavy atom. The molecule has 0 unspecified atom stereocenters. The van der Waals surface area contributed by atoms with Gasteiger partial charge in [-0.1, -0.05) is 41.4 Å². The first kappa shape index (κ1) is 16.2. The smallest absolute Gasteiger partial charge is 0.410 e. The predicted molar refractivity (Wildman–Crippen MR) is 93.6 cm³/mol. The summed E-state index contributed by atoms with van der Waals surface area (Å²) in [5, 5.41) is 3.14. The molecule has 0 saturated carbocycles. The summed E-state index contributed by atoms with van der Waals surface area (Å²) >= 11 is 11.7. The zero-order chi connectivity index (χ0) is 16.9. The molecular formula is C17H11Cl2N3O2. The summed E-state index contributed by atoms with van der Waals surface area (Å²) in [6, 6.07) is 17.2. The van der Waals surface area contributed by atoms with E-state index in [1.165, 1.54) is 6.07 Å². The number of hydrogen-bond donors (Lipinski definition) is 1. The fourth-order valence-electron chi connectivity index (χ4n) is 1.96. The number of aromatic nitrogens is 2. The highest BCUT2D eigenvalue weighted by Gasteiger charge is 2.08. The molecule has 3 rings (SSSR count). The molecule has 1 amide bonds. The van der Waals surface area contributed by atoms with Gasteiger partial charge in [0.2, 0.25) is 0 Å². The molecule has 1 heterocycles. The monoisotopic (exact) mass is 359 g/mol. The number of nitrogens with one attached hydrogen (secondary N) is 1. The summed E-state index contributed by atoms with van der Waals surface area (Å²) in [5.74, 6) is 0.785. The number of rotatable bonds is 3. The van der Waals surface area contributed by atoms with Gasteiger partial charge in [-0.3, -0.25) is 5.32 Å². The topological polar surface area (TPSA) is 64.1 Å². The SMILES string of the molecule is O=C(Nc1ccccc1)Oc1ccc(-c2nc(Cl)cc(Cl)n2)cc1. The third-order valence-electron chi connectivity index (χ3n) is 3.01. The van der Waals surface area contributed by atoms with Gasteiger partial charge < -0.3 is 4.74 Å². The van der Waals surface area contributed by atoms with Crippen LogP contribution in [0.25, 0.3) is 11.4 Å². The van der Waals surface area contributed by atoms with E-state index in [-0.39, 0.29) is 10.3 Å². The second kappa shape index (κ2) is 7.29. The lowest BCUT2D eigenvalue weighted by molar-refractivity contribution is 0.215. The van der Waals surface area contributed by atoms with Crippen LogP contribution in [-0.4, -0.2) is 16.1 Å². The zero-order valence-corrected chi connectivity index (χ0v) is 13.8. The molecular weight excluding hydrogens is 349 g/mol. The molecule has 2 aromatic carbocycles. The molecule has 0 fully saturated rings. The molecule has 24 heavy (non-hydrogen) atoms. The molecule has 0 aliphatic carbocycles. The number of benzene rings is 2. The minimum absolute atomic E-state index is 0.257. The van der Waals surface area contributed by atoms with E-state index in [9.17, 15) is 4.79 Å². The third kappa shape index (κ3) is 4.22. The Balaban J connectivity index is 1.69. The largest absolute Gasteiger partial charge is 0.417 e. The molecule has 0 aliphatic heterocycles. The van der Waals surface area contributed by atoms with Gasteiger partial charge in [-0.2, -0.15) is 0 Å². The Hall–Kier alpha value is -2.63. The van der Waals surface area contributed by atoms with E-state index < -0.39 is 6.09 Å². The van der Waals surface area contributed by atoms with E-state index in [1.807, 2.05) is 18.2 Å². The number of amides is 1. The highest BCUT2D eigenvalue weighted by molar-refractivity contribution is 6.33. The molecule has 0 radical (unpaired) electrons. The van der Waals surface area contributed by atoms with Gasteiger partial charge in [0.25, 0.3) is 0 Å². The lowest BCUT2D eigenvalue weighted by Gasteiger charge is -2.07. The van der Waals surface area contributed by atoms with Crippen LogP contribution >= 0.6 is 23.2 Å². The lowest BCUT2D eigenvalue weighted by atomic mass is 10.2. The van der Waals surface area contributed by atoms with Crippen LogP contribution in [0.1, 0.15) is 0 Å². The van der Waals surface area contributed by atoms with Gasteiger partial charge in [-0.15, -0.1) is 0 Å². The van der Waals surface area contributed by atoms with Crippen LogP contribution < -0.4 is 10.1 Å². The molecule has 3 aromatic rings. The number of nitrogens with zero attached hydrogens (tertiary/aromatic N) is 2. The first-order valence-electron chi connectivity index (χ1n) is 6.94. The summed E-state index contributed by atoms with van der Waals surface area (Å²) in [4.78, 5) is 20.0. The molecule has 0 spiro atoms. The van der Waals surface area contributed by atoms with E-state index in [0.717, 1.165) is 0 Å². The van der Waals surface area contributed by atoms with Gasteiger partial charge in [0, 0.05) is 17.3 Å². The Bertz CT molecular complexity index is 835. The standard InChI is InChI=1S/C17H11Cl2N3O2/c18-14-10-15(19)22-16(21-14)11-6-8-13(9-7-11)24-17(23)20-12-4-2-1-3-5-12/h1-10H,(H,20,23). The second-order valence-corrected chi connectivity index (χ2v) is 5.52. The van der Waals surface area contributed by atoms with Crippen LogP contribution in [0.15, 0.2) is 60.7 Å². The Morgan fingerprint density at radius 3 is 2.17 bits per heavy atom. The van der Waals surface area contributed by atoms with Crippen LogP contribution in [0.3, 0.4) is 0 Å². The van der Waals surface area contributed by atoms with E-state index in [2.05, 4.69) is 15.3 Å². The number of anilines is 1. The maximum atomic E-state index is 11.8.